The number of hydrogen-bond acceptors (Lipinski definition) is 6. The summed E-state index contributed by atoms with van der Waals surface area (Å²) in [7, 11) is 0. The lowest BCUT2D eigenvalue weighted by molar-refractivity contribution is -0.148. The molecular weight excluding hydrogens is 364 g/mol. The van der Waals surface area contributed by atoms with E-state index in [1.807, 2.05) is 48.5 Å². The van der Waals surface area contributed by atoms with Gasteiger partial charge in [-0.05, 0) is 36.1 Å². The summed E-state index contributed by atoms with van der Waals surface area (Å²) in [4.78, 5) is 33.9. The van der Waals surface area contributed by atoms with Gasteiger partial charge in [-0.1, -0.05) is 48.5 Å². The molecule has 1 aliphatic carbocycles. The molecule has 0 atom stereocenters. The Hall–Kier alpha value is -3.35. The molecule has 0 saturated carbocycles. The number of fused-ring (bicyclic) bond motifs is 3. The molecular formula is C21H20O7. The molecule has 146 valence electrons. The second kappa shape index (κ2) is 7.72. The van der Waals surface area contributed by atoms with Crippen LogP contribution in [0.4, 0.5) is 9.59 Å². The van der Waals surface area contributed by atoms with E-state index < -0.39 is 23.9 Å². The second-order valence-electron chi connectivity index (χ2n) is 7.07. The summed E-state index contributed by atoms with van der Waals surface area (Å²) in [6, 6.07) is 16.0. The number of ether oxygens (including phenoxy) is 3. The normalized spacial score (nSPS) is 12.6. The molecule has 2 aromatic carbocycles. The first-order chi connectivity index (χ1) is 13.3. The molecule has 0 fully saturated rings. The predicted molar refractivity (Wildman–Crippen MR) is 99.0 cm³/mol. The third kappa shape index (κ3) is 4.31. The summed E-state index contributed by atoms with van der Waals surface area (Å²) in [5.74, 6) is -0.632. The van der Waals surface area contributed by atoms with Crippen molar-refractivity contribution in [3.05, 3.63) is 59.7 Å². The minimum absolute atomic E-state index is 0.0719. The highest BCUT2D eigenvalue weighted by molar-refractivity contribution is 5.79. The van der Waals surface area contributed by atoms with Gasteiger partial charge in [0.2, 0.25) is 0 Å². The second-order valence-corrected chi connectivity index (χ2v) is 7.07. The van der Waals surface area contributed by atoms with Crippen molar-refractivity contribution in [2.45, 2.75) is 31.8 Å². The smallest absolute Gasteiger partial charge is 0.465 e. The predicted octanol–water partition coefficient (Wildman–Crippen LogP) is 4.34. The topological polar surface area (TPSA) is 99.1 Å². The molecule has 0 amide bonds. The van der Waals surface area contributed by atoms with Crippen LogP contribution in [-0.4, -0.2) is 35.6 Å². The summed E-state index contributed by atoms with van der Waals surface area (Å²) in [6.07, 6.45) is -3.40. The van der Waals surface area contributed by atoms with Crippen molar-refractivity contribution in [1.29, 1.82) is 0 Å². The van der Waals surface area contributed by atoms with Crippen LogP contribution >= 0.6 is 0 Å². The summed E-state index contributed by atoms with van der Waals surface area (Å²) in [6.45, 7) is 3.09. The lowest BCUT2D eigenvalue weighted by Crippen LogP contribution is -2.33. The standard InChI is InChI=1S/C21H20O7/c1-21(2,28-20(25)27-19(23)24)11-18(22)26-12-17-15-9-5-3-7-13(15)14-8-4-6-10-16(14)17/h3-10,17H,11-12H2,1-2H3,(H,23,24). The first-order valence-corrected chi connectivity index (χ1v) is 8.74. The van der Waals surface area contributed by atoms with Gasteiger partial charge in [-0.15, -0.1) is 0 Å². The van der Waals surface area contributed by atoms with Crippen LogP contribution in [0.2, 0.25) is 0 Å². The van der Waals surface area contributed by atoms with Gasteiger partial charge in [0.1, 0.15) is 12.2 Å². The largest absolute Gasteiger partial charge is 0.519 e. The van der Waals surface area contributed by atoms with Crippen molar-refractivity contribution in [3.8, 4) is 11.1 Å². The Morgan fingerprint density at radius 3 is 2.04 bits per heavy atom. The highest BCUT2D eigenvalue weighted by atomic mass is 16.8. The van der Waals surface area contributed by atoms with Gasteiger partial charge >= 0.3 is 18.3 Å². The quantitative estimate of drug-likeness (QED) is 0.604. The van der Waals surface area contributed by atoms with E-state index in [4.69, 9.17) is 14.6 Å². The van der Waals surface area contributed by atoms with E-state index in [-0.39, 0.29) is 18.9 Å². The van der Waals surface area contributed by atoms with Gasteiger partial charge in [-0.25, -0.2) is 9.59 Å². The summed E-state index contributed by atoms with van der Waals surface area (Å²) in [5.41, 5.74) is 3.17. The molecule has 1 aliphatic rings. The fourth-order valence-electron chi connectivity index (χ4n) is 3.37. The average Bonchev–Trinajstić information content (AvgIpc) is 2.92. The number of rotatable bonds is 5. The van der Waals surface area contributed by atoms with Crippen LogP contribution in [0.5, 0.6) is 0 Å². The zero-order valence-corrected chi connectivity index (χ0v) is 15.5. The van der Waals surface area contributed by atoms with Gasteiger partial charge < -0.3 is 19.3 Å². The number of carbonyl (C=O) groups is 3. The molecule has 0 unspecified atom stereocenters. The lowest BCUT2D eigenvalue weighted by Gasteiger charge is -2.23. The molecule has 28 heavy (non-hydrogen) atoms. The molecule has 7 nitrogen and oxygen atoms in total. The number of carboxylic acid groups (broad SMARTS) is 1. The zero-order chi connectivity index (χ0) is 20.3. The first-order valence-electron chi connectivity index (χ1n) is 8.74. The molecule has 0 spiro atoms. The average molecular weight is 384 g/mol. The number of esters is 1. The van der Waals surface area contributed by atoms with Crippen molar-refractivity contribution in [2.75, 3.05) is 6.61 Å². The van der Waals surface area contributed by atoms with Gasteiger partial charge in [-0.2, -0.15) is 0 Å². The van der Waals surface area contributed by atoms with Crippen LogP contribution < -0.4 is 0 Å². The molecule has 0 heterocycles. The minimum atomic E-state index is -1.78. The molecule has 1 N–H and O–H groups in total. The monoisotopic (exact) mass is 384 g/mol. The summed E-state index contributed by atoms with van der Waals surface area (Å²) in [5, 5.41) is 8.41. The zero-order valence-electron chi connectivity index (χ0n) is 15.5. The van der Waals surface area contributed by atoms with Gasteiger partial charge in [0.25, 0.3) is 0 Å². The molecule has 2 aromatic rings. The Bertz CT molecular complexity index is 871. The highest BCUT2D eigenvalue weighted by Crippen LogP contribution is 2.44. The van der Waals surface area contributed by atoms with Gasteiger partial charge in [0.15, 0.2) is 0 Å². The molecule has 0 aromatic heterocycles. The Kier molecular flexibility index (Phi) is 5.35. The summed E-state index contributed by atoms with van der Waals surface area (Å²) < 4.78 is 14.2. The molecule has 0 radical (unpaired) electrons. The first kappa shape index (κ1) is 19.4. The van der Waals surface area contributed by atoms with Gasteiger partial charge in [0.05, 0.1) is 6.42 Å². The van der Waals surface area contributed by atoms with Crippen LogP contribution in [0.25, 0.3) is 11.1 Å². The highest BCUT2D eigenvalue weighted by Gasteiger charge is 2.32. The molecule has 0 aliphatic heterocycles. The van der Waals surface area contributed by atoms with Crippen molar-refractivity contribution in [1.82, 2.24) is 0 Å². The summed E-state index contributed by atoms with van der Waals surface area (Å²) >= 11 is 0. The van der Waals surface area contributed by atoms with Crippen LogP contribution in [0.1, 0.15) is 37.3 Å². The Morgan fingerprint density at radius 2 is 1.50 bits per heavy atom. The number of benzene rings is 2. The van der Waals surface area contributed by atoms with E-state index >= 15 is 0 Å². The SMILES string of the molecule is CC(C)(CC(=O)OCC1c2ccccc2-c2ccccc21)OC(=O)OC(=O)O. The third-order valence-electron chi connectivity index (χ3n) is 4.47. The van der Waals surface area contributed by atoms with Crippen LogP contribution in [0.15, 0.2) is 48.5 Å². The minimum Gasteiger partial charge on any atom is -0.465 e. The molecule has 7 heteroatoms. The lowest BCUT2D eigenvalue weighted by atomic mass is 9.98. The van der Waals surface area contributed by atoms with E-state index in [1.54, 1.807) is 0 Å². The van der Waals surface area contributed by atoms with E-state index in [0.29, 0.717) is 0 Å². The van der Waals surface area contributed by atoms with Crippen molar-refractivity contribution < 1.29 is 33.7 Å². The van der Waals surface area contributed by atoms with Crippen molar-refractivity contribution >= 4 is 18.3 Å². The number of hydrogen-bond donors (Lipinski definition) is 1. The Morgan fingerprint density at radius 1 is 0.964 bits per heavy atom. The fraction of sp³-hybridized carbons (Fsp3) is 0.286. The van der Waals surface area contributed by atoms with Crippen LogP contribution in [0, 0.1) is 0 Å². The third-order valence-corrected chi connectivity index (χ3v) is 4.47. The van der Waals surface area contributed by atoms with E-state index in [1.165, 1.54) is 13.8 Å². The van der Waals surface area contributed by atoms with Gasteiger partial charge in [0, 0.05) is 5.92 Å². The maximum absolute atomic E-state index is 12.3. The fourth-order valence-corrected chi connectivity index (χ4v) is 3.37. The van der Waals surface area contributed by atoms with Crippen LogP contribution in [0.3, 0.4) is 0 Å². The van der Waals surface area contributed by atoms with Gasteiger partial charge in [-0.3, -0.25) is 4.79 Å². The van der Waals surface area contributed by atoms with E-state index in [0.717, 1.165) is 22.3 Å². The Balaban J connectivity index is 1.63. The maximum atomic E-state index is 12.3. The van der Waals surface area contributed by atoms with Crippen molar-refractivity contribution in [2.24, 2.45) is 0 Å². The molecule has 0 bridgehead atoms. The van der Waals surface area contributed by atoms with E-state index in [9.17, 15) is 14.4 Å². The van der Waals surface area contributed by atoms with E-state index in [2.05, 4.69) is 4.74 Å². The molecule has 0 saturated heterocycles. The van der Waals surface area contributed by atoms with Crippen LogP contribution in [-0.2, 0) is 19.0 Å². The maximum Gasteiger partial charge on any atom is 0.519 e. The Labute approximate surface area is 161 Å². The van der Waals surface area contributed by atoms with Crippen molar-refractivity contribution in [3.63, 3.8) is 0 Å². The molecule has 3 rings (SSSR count). The number of carbonyl (C=O) groups excluding carboxylic acids is 2.